The third-order valence-electron chi connectivity index (χ3n) is 1.21. The van der Waals surface area contributed by atoms with E-state index in [0.29, 0.717) is 0 Å². The standard InChI is InChI=1S/C6H6BrF3N4O/c7-3-1-12-5(14-11)13-4(3)15-2-6(8,9)10/h1H,2,11H2,(H,12,13,14). The third kappa shape index (κ3) is 3.88. The van der Waals surface area contributed by atoms with Crippen LogP contribution < -0.4 is 16.0 Å². The molecule has 0 aromatic carbocycles. The van der Waals surface area contributed by atoms with E-state index in [4.69, 9.17) is 5.84 Å². The Hall–Kier alpha value is -1.09. The number of alkyl halides is 3. The molecule has 5 nitrogen and oxygen atoms in total. The molecule has 0 saturated carbocycles. The second-order valence-electron chi connectivity index (χ2n) is 2.39. The minimum absolute atomic E-state index is 0.0321. The number of nitrogen functional groups attached to an aromatic ring is 1. The zero-order valence-corrected chi connectivity index (χ0v) is 8.76. The molecule has 15 heavy (non-hydrogen) atoms. The van der Waals surface area contributed by atoms with E-state index in [0.717, 1.165) is 0 Å². The van der Waals surface area contributed by atoms with Crippen molar-refractivity contribution in [2.75, 3.05) is 12.0 Å². The lowest BCUT2D eigenvalue weighted by Crippen LogP contribution is -2.20. The first-order valence-corrected chi connectivity index (χ1v) is 4.40. The summed E-state index contributed by atoms with van der Waals surface area (Å²) in [6.45, 7) is -1.42. The molecule has 0 spiro atoms. The number of ether oxygens (including phenoxy) is 1. The highest BCUT2D eigenvalue weighted by molar-refractivity contribution is 9.10. The van der Waals surface area contributed by atoms with Gasteiger partial charge in [0.2, 0.25) is 11.8 Å². The fourth-order valence-corrected chi connectivity index (χ4v) is 0.978. The molecular formula is C6H6BrF3N4O. The van der Waals surface area contributed by atoms with Crippen molar-refractivity contribution in [1.29, 1.82) is 0 Å². The van der Waals surface area contributed by atoms with Gasteiger partial charge in [0.25, 0.3) is 0 Å². The van der Waals surface area contributed by atoms with E-state index < -0.39 is 12.8 Å². The van der Waals surface area contributed by atoms with E-state index in [1.54, 1.807) is 0 Å². The van der Waals surface area contributed by atoms with Gasteiger partial charge in [-0.1, -0.05) is 0 Å². The van der Waals surface area contributed by atoms with Crippen LogP contribution >= 0.6 is 15.9 Å². The van der Waals surface area contributed by atoms with Crippen LogP contribution in [0.15, 0.2) is 10.7 Å². The van der Waals surface area contributed by atoms with Crippen LogP contribution in [0.2, 0.25) is 0 Å². The number of nitrogens with two attached hydrogens (primary N) is 1. The van der Waals surface area contributed by atoms with E-state index >= 15 is 0 Å². The average molecular weight is 287 g/mol. The van der Waals surface area contributed by atoms with Gasteiger partial charge in [0.1, 0.15) is 0 Å². The van der Waals surface area contributed by atoms with Gasteiger partial charge in [-0.15, -0.1) is 0 Å². The predicted molar refractivity (Wildman–Crippen MR) is 49.1 cm³/mol. The second-order valence-corrected chi connectivity index (χ2v) is 3.25. The lowest BCUT2D eigenvalue weighted by atomic mass is 10.6. The summed E-state index contributed by atoms with van der Waals surface area (Å²) in [5, 5.41) is 0. The van der Waals surface area contributed by atoms with E-state index in [1.165, 1.54) is 6.20 Å². The fourth-order valence-electron chi connectivity index (χ4n) is 0.672. The van der Waals surface area contributed by atoms with Crippen molar-refractivity contribution < 1.29 is 17.9 Å². The SMILES string of the molecule is NNc1ncc(Br)c(OCC(F)(F)F)n1. The van der Waals surface area contributed by atoms with Crippen molar-refractivity contribution in [3.05, 3.63) is 10.7 Å². The number of hydrogen-bond acceptors (Lipinski definition) is 5. The highest BCUT2D eigenvalue weighted by Crippen LogP contribution is 2.24. The molecule has 0 fully saturated rings. The maximum absolute atomic E-state index is 11.8. The third-order valence-corrected chi connectivity index (χ3v) is 1.76. The summed E-state index contributed by atoms with van der Waals surface area (Å²) < 4.78 is 40.1. The molecule has 1 rings (SSSR count). The van der Waals surface area contributed by atoms with Crippen molar-refractivity contribution in [1.82, 2.24) is 9.97 Å². The summed E-state index contributed by atoms with van der Waals surface area (Å²) in [6, 6.07) is 0. The molecule has 0 amide bonds. The topological polar surface area (TPSA) is 73.1 Å². The van der Waals surface area contributed by atoms with Gasteiger partial charge >= 0.3 is 6.18 Å². The quantitative estimate of drug-likeness (QED) is 0.650. The van der Waals surface area contributed by atoms with Gasteiger partial charge in [0, 0.05) is 0 Å². The van der Waals surface area contributed by atoms with Crippen LogP contribution in [-0.2, 0) is 0 Å². The second kappa shape index (κ2) is 4.62. The first-order chi connectivity index (χ1) is 6.92. The first kappa shape index (κ1) is 12.0. The average Bonchev–Trinajstić information content (AvgIpc) is 2.15. The molecule has 0 aliphatic rings. The van der Waals surface area contributed by atoms with Crippen LogP contribution in [0.1, 0.15) is 0 Å². The summed E-state index contributed by atoms with van der Waals surface area (Å²) >= 11 is 2.94. The Kier molecular flexibility index (Phi) is 3.69. The molecule has 0 saturated heterocycles. The van der Waals surface area contributed by atoms with Gasteiger partial charge in [-0.3, -0.25) is 5.43 Å². The van der Waals surface area contributed by atoms with Crippen LogP contribution in [0.25, 0.3) is 0 Å². The summed E-state index contributed by atoms with van der Waals surface area (Å²) in [5.41, 5.74) is 2.09. The van der Waals surface area contributed by atoms with Gasteiger partial charge in [0.05, 0.1) is 10.7 Å². The van der Waals surface area contributed by atoms with E-state index in [2.05, 4.69) is 36.1 Å². The summed E-state index contributed by atoms with van der Waals surface area (Å²) in [4.78, 5) is 7.22. The van der Waals surface area contributed by atoms with E-state index in [-0.39, 0.29) is 16.3 Å². The largest absolute Gasteiger partial charge is 0.467 e. The van der Waals surface area contributed by atoms with Crippen LogP contribution in [0, 0.1) is 0 Å². The number of aromatic nitrogens is 2. The molecule has 0 unspecified atom stereocenters. The fraction of sp³-hybridized carbons (Fsp3) is 0.333. The van der Waals surface area contributed by atoms with E-state index in [1.807, 2.05) is 0 Å². The monoisotopic (exact) mass is 286 g/mol. The Bertz CT molecular complexity index is 346. The summed E-state index contributed by atoms with van der Waals surface area (Å²) in [6.07, 6.45) is -3.19. The molecule has 0 aliphatic heterocycles. The van der Waals surface area contributed by atoms with Gasteiger partial charge < -0.3 is 4.74 Å². The molecule has 3 N–H and O–H groups in total. The number of hydrogen-bond donors (Lipinski definition) is 2. The molecular weight excluding hydrogens is 281 g/mol. The number of hydrazine groups is 1. The normalized spacial score (nSPS) is 11.3. The number of anilines is 1. The molecule has 1 aromatic rings. The highest BCUT2D eigenvalue weighted by Gasteiger charge is 2.29. The smallest absolute Gasteiger partial charge is 0.422 e. The minimum Gasteiger partial charge on any atom is -0.467 e. The van der Waals surface area contributed by atoms with Crippen LogP contribution in [0.4, 0.5) is 19.1 Å². The number of nitrogens with zero attached hydrogens (tertiary/aromatic N) is 2. The van der Waals surface area contributed by atoms with Gasteiger partial charge in [0.15, 0.2) is 6.61 Å². The van der Waals surface area contributed by atoms with Crippen molar-refractivity contribution in [2.45, 2.75) is 6.18 Å². The van der Waals surface area contributed by atoms with Crippen LogP contribution in [0.5, 0.6) is 5.88 Å². The van der Waals surface area contributed by atoms with Crippen molar-refractivity contribution in [2.24, 2.45) is 5.84 Å². The Balaban J connectivity index is 2.75. The summed E-state index contributed by atoms with van der Waals surface area (Å²) in [7, 11) is 0. The zero-order chi connectivity index (χ0) is 11.5. The van der Waals surface area contributed by atoms with Crippen LogP contribution in [-0.4, -0.2) is 22.8 Å². The highest BCUT2D eigenvalue weighted by atomic mass is 79.9. The lowest BCUT2D eigenvalue weighted by molar-refractivity contribution is -0.154. The van der Waals surface area contributed by atoms with E-state index in [9.17, 15) is 13.2 Å². The van der Waals surface area contributed by atoms with Gasteiger partial charge in [-0.2, -0.15) is 18.2 Å². The summed E-state index contributed by atoms with van der Waals surface area (Å²) in [5.74, 6) is 4.72. The van der Waals surface area contributed by atoms with Crippen molar-refractivity contribution in [3.8, 4) is 5.88 Å². The zero-order valence-electron chi connectivity index (χ0n) is 7.18. The molecule has 0 aliphatic carbocycles. The Morgan fingerprint density at radius 3 is 2.73 bits per heavy atom. The maximum Gasteiger partial charge on any atom is 0.422 e. The number of nitrogens with one attached hydrogen (secondary N) is 1. The van der Waals surface area contributed by atoms with Crippen molar-refractivity contribution >= 4 is 21.9 Å². The van der Waals surface area contributed by atoms with Gasteiger partial charge in [-0.25, -0.2) is 10.8 Å². The lowest BCUT2D eigenvalue weighted by Gasteiger charge is -2.09. The first-order valence-electron chi connectivity index (χ1n) is 3.61. The Morgan fingerprint density at radius 2 is 2.20 bits per heavy atom. The Morgan fingerprint density at radius 1 is 1.53 bits per heavy atom. The maximum atomic E-state index is 11.8. The molecule has 0 radical (unpaired) electrons. The number of halogens is 4. The van der Waals surface area contributed by atoms with Crippen molar-refractivity contribution in [3.63, 3.8) is 0 Å². The van der Waals surface area contributed by atoms with Gasteiger partial charge in [-0.05, 0) is 15.9 Å². The predicted octanol–water partition coefficient (Wildman–Crippen LogP) is 1.47. The molecule has 84 valence electrons. The minimum atomic E-state index is -4.42. The molecule has 1 aromatic heterocycles. The molecule has 9 heteroatoms. The molecule has 0 atom stereocenters. The Labute approximate surface area is 90.9 Å². The molecule has 0 bridgehead atoms. The number of rotatable bonds is 3. The molecule has 1 heterocycles. The van der Waals surface area contributed by atoms with Crippen LogP contribution in [0.3, 0.4) is 0 Å².